The average Bonchev–Trinajstić information content (AvgIpc) is 3.39. The molecular formula is C24H32S4Si. The molecular weight excluding hydrogens is 445 g/mol. The highest BCUT2D eigenvalue weighted by molar-refractivity contribution is 8.06. The molecule has 8 unspecified atom stereocenters. The molecule has 4 heterocycles. The fourth-order valence-electron chi connectivity index (χ4n) is 7.65. The zero-order valence-corrected chi connectivity index (χ0v) is 22.5. The fourth-order valence-corrected chi connectivity index (χ4v) is 23.2. The summed E-state index contributed by atoms with van der Waals surface area (Å²) in [6, 6.07) is 0. The molecule has 0 saturated heterocycles. The Balaban J connectivity index is 1.39. The number of thioether (sulfide) groups is 4. The Labute approximate surface area is 194 Å². The molecule has 0 aromatic rings. The highest BCUT2D eigenvalue weighted by atomic mass is 32.2. The topological polar surface area (TPSA) is 0 Å². The zero-order chi connectivity index (χ0) is 20.2. The fraction of sp³-hybridized carbons (Fsp3) is 0.667. The molecule has 6 rings (SSSR count). The van der Waals surface area contributed by atoms with Crippen LogP contribution in [0.25, 0.3) is 0 Å². The van der Waals surface area contributed by atoms with E-state index < -0.39 is 8.07 Å². The van der Waals surface area contributed by atoms with E-state index in [2.05, 4.69) is 112 Å². The Morgan fingerprint density at radius 2 is 0.759 bits per heavy atom. The highest BCUT2D eigenvalue weighted by Gasteiger charge is 2.65. The van der Waals surface area contributed by atoms with Gasteiger partial charge in [-0.3, -0.25) is 0 Å². The predicted molar refractivity (Wildman–Crippen MR) is 139 cm³/mol. The summed E-state index contributed by atoms with van der Waals surface area (Å²) in [5.41, 5.74) is 1.87. The van der Waals surface area contributed by atoms with Gasteiger partial charge < -0.3 is 0 Å². The molecule has 0 nitrogen and oxygen atoms in total. The summed E-state index contributed by atoms with van der Waals surface area (Å²) < 4.78 is 0. The molecule has 0 spiro atoms. The van der Waals surface area contributed by atoms with Gasteiger partial charge >= 0.3 is 0 Å². The van der Waals surface area contributed by atoms with Gasteiger partial charge in [-0.25, -0.2) is 0 Å². The van der Waals surface area contributed by atoms with Crippen molar-refractivity contribution < 1.29 is 0 Å². The molecule has 6 aliphatic rings. The highest BCUT2D eigenvalue weighted by Crippen LogP contribution is 2.71. The molecule has 2 fully saturated rings. The van der Waals surface area contributed by atoms with Gasteiger partial charge in [0.05, 0.1) is 8.07 Å². The van der Waals surface area contributed by atoms with Crippen LogP contribution in [0.3, 0.4) is 0 Å². The molecule has 29 heavy (non-hydrogen) atoms. The van der Waals surface area contributed by atoms with E-state index in [-0.39, 0.29) is 0 Å². The second-order valence-corrected chi connectivity index (χ2v) is 21.3. The minimum absolute atomic E-state index is 0.798. The lowest BCUT2D eigenvalue weighted by Crippen LogP contribution is -2.49. The van der Waals surface area contributed by atoms with Gasteiger partial charge in [0.1, 0.15) is 0 Å². The lowest BCUT2D eigenvalue weighted by Gasteiger charge is -2.45. The van der Waals surface area contributed by atoms with E-state index in [0.29, 0.717) is 0 Å². The quantitative estimate of drug-likeness (QED) is 0.370. The van der Waals surface area contributed by atoms with E-state index in [0.717, 1.165) is 55.8 Å². The van der Waals surface area contributed by atoms with Crippen LogP contribution in [0, 0.1) is 23.7 Å². The van der Waals surface area contributed by atoms with Crippen molar-refractivity contribution in [3.8, 4) is 0 Å². The Bertz CT molecular complexity index is 749. The van der Waals surface area contributed by atoms with Crippen LogP contribution in [0.1, 0.15) is 27.7 Å². The third-order valence-corrected chi connectivity index (χ3v) is 19.9. The van der Waals surface area contributed by atoms with Crippen LogP contribution in [0.4, 0.5) is 0 Å². The van der Waals surface area contributed by atoms with Crippen molar-refractivity contribution in [3.05, 3.63) is 43.9 Å². The number of hydrogen-bond acceptors (Lipinski definition) is 4. The van der Waals surface area contributed by atoms with E-state index in [9.17, 15) is 0 Å². The molecule has 0 aromatic heterocycles. The molecule has 2 aliphatic carbocycles. The lowest BCUT2D eigenvalue weighted by molar-refractivity contribution is 0.581. The van der Waals surface area contributed by atoms with Gasteiger partial charge in [0, 0.05) is 21.0 Å². The first-order chi connectivity index (χ1) is 13.8. The minimum Gasteiger partial charge on any atom is -0.127 e. The summed E-state index contributed by atoms with van der Waals surface area (Å²) in [5, 5.41) is 3.40. The van der Waals surface area contributed by atoms with Crippen LogP contribution in [-0.2, 0) is 0 Å². The molecule has 2 saturated carbocycles. The van der Waals surface area contributed by atoms with Gasteiger partial charge in [-0.05, 0) is 82.1 Å². The number of hydrogen-bond donors (Lipinski definition) is 0. The monoisotopic (exact) mass is 476 g/mol. The van der Waals surface area contributed by atoms with Crippen molar-refractivity contribution >= 4 is 55.1 Å². The van der Waals surface area contributed by atoms with Crippen LogP contribution < -0.4 is 0 Å². The van der Waals surface area contributed by atoms with Crippen molar-refractivity contribution in [3.63, 3.8) is 0 Å². The summed E-state index contributed by atoms with van der Waals surface area (Å²) in [4.78, 5) is 6.38. The maximum Gasteiger partial charge on any atom is 0.0585 e. The van der Waals surface area contributed by atoms with Crippen molar-refractivity contribution in [2.75, 3.05) is 0 Å². The van der Waals surface area contributed by atoms with Gasteiger partial charge in [0.2, 0.25) is 0 Å². The van der Waals surface area contributed by atoms with Crippen LogP contribution in [0.2, 0.25) is 24.2 Å². The third kappa shape index (κ3) is 2.82. The van der Waals surface area contributed by atoms with E-state index in [1.54, 1.807) is 19.6 Å². The first-order valence-electron chi connectivity index (χ1n) is 11.2. The molecule has 0 radical (unpaired) electrons. The Hall–Kier alpha value is 0.577. The summed E-state index contributed by atoms with van der Waals surface area (Å²) in [6.45, 7) is 15.1. The minimum atomic E-state index is -1.52. The van der Waals surface area contributed by atoms with Crippen molar-refractivity contribution in [1.82, 2.24) is 0 Å². The molecule has 0 bridgehead atoms. The third-order valence-electron chi connectivity index (χ3n) is 8.54. The van der Waals surface area contributed by atoms with Crippen molar-refractivity contribution in [2.45, 2.75) is 72.9 Å². The number of fused-ring (bicyclic) bond motifs is 6. The molecule has 8 atom stereocenters. The van der Waals surface area contributed by atoms with Gasteiger partial charge in [-0.15, -0.1) is 47.0 Å². The number of allylic oxidation sites excluding steroid dienone is 8. The maximum atomic E-state index is 2.81. The zero-order valence-electron chi connectivity index (χ0n) is 18.2. The van der Waals surface area contributed by atoms with E-state index in [1.807, 2.05) is 0 Å². The Morgan fingerprint density at radius 3 is 1.00 bits per heavy atom. The first kappa shape index (κ1) is 20.2. The summed E-state index contributed by atoms with van der Waals surface area (Å²) in [5.74, 6) is 3.19. The summed E-state index contributed by atoms with van der Waals surface area (Å²) in [6.07, 6.45) is 10.6. The van der Waals surface area contributed by atoms with Crippen molar-refractivity contribution in [2.24, 2.45) is 23.7 Å². The average molecular weight is 477 g/mol. The van der Waals surface area contributed by atoms with E-state index >= 15 is 0 Å². The Kier molecular flexibility index (Phi) is 4.73. The van der Waals surface area contributed by atoms with Gasteiger partial charge in [0.25, 0.3) is 0 Å². The Morgan fingerprint density at radius 1 is 0.517 bits per heavy atom. The second kappa shape index (κ2) is 6.79. The van der Waals surface area contributed by atoms with Crippen LogP contribution in [0.5, 0.6) is 0 Å². The van der Waals surface area contributed by atoms with Gasteiger partial charge in [-0.1, -0.05) is 37.4 Å². The molecule has 0 amide bonds. The molecule has 0 N–H and O–H groups in total. The molecule has 0 aromatic carbocycles. The largest absolute Gasteiger partial charge is 0.127 e. The van der Waals surface area contributed by atoms with E-state index in [4.69, 9.17) is 0 Å². The van der Waals surface area contributed by atoms with Crippen molar-refractivity contribution in [1.29, 1.82) is 0 Å². The van der Waals surface area contributed by atoms with E-state index in [1.165, 1.54) is 0 Å². The van der Waals surface area contributed by atoms with Crippen LogP contribution >= 0.6 is 47.0 Å². The smallest absolute Gasteiger partial charge is 0.0585 e. The molecule has 5 heteroatoms. The maximum absolute atomic E-state index is 2.81. The normalized spacial score (nSPS) is 50.0. The number of rotatable bonds is 2. The predicted octanol–water partition coefficient (Wildman–Crippen LogP) is 8.00. The standard InChI is InChI=1S/C24H32S4Si/c1-11-7-15-16-8-12(2)26-20(16)23(19(15)25-11)29(5,6)24-21-17(9-13(3)27-21)18-10-14(4)28-22(18)24/h7-10,15-24H,1-6H3. The van der Waals surface area contributed by atoms with Crippen LogP contribution in [-0.4, -0.2) is 29.1 Å². The molecule has 156 valence electrons. The first-order valence-corrected chi connectivity index (χ1v) is 17.8. The molecule has 4 aliphatic heterocycles. The lowest BCUT2D eigenvalue weighted by atomic mass is 9.95. The summed E-state index contributed by atoms with van der Waals surface area (Å²) >= 11 is 9.01. The second-order valence-electron chi connectivity index (χ2n) is 10.6. The SMILES string of the molecule is CC1=CC2C3C=C(C)SC3C([Si](C)(C)C3C4SC(C)=CC4C4C=C(C)SC43)C2S1. The van der Waals surface area contributed by atoms with Gasteiger partial charge in [0.15, 0.2) is 0 Å². The van der Waals surface area contributed by atoms with Gasteiger partial charge in [-0.2, -0.15) is 0 Å². The van der Waals surface area contributed by atoms with Crippen LogP contribution in [0.15, 0.2) is 43.9 Å². The summed E-state index contributed by atoms with van der Waals surface area (Å²) in [7, 11) is -1.52.